The Balaban J connectivity index is 2.16. The van der Waals surface area contributed by atoms with Crippen molar-refractivity contribution in [3.63, 3.8) is 0 Å². The van der Waals surface area contributed by atoms with Gasteiger partial charge in [0.25, 0.3) is 0 Å². The molecule has 0 bridgehead atoms. The lowest BCUT2D eigenvalue weighted by molar-refractivity contribution is 0.281. The molecule has 118 valence electrons. The Kier molecular flexibility index (Phi) is 5.37. The number of nitrogens with zero attached hydrogens (tertiary/aromatic N) is 2. The van der Waals surface area contributed by atoms with Crippen molar-refractivity contribution in [3.8, 4) is 0 Å². The van der Waals surface area contributed by atoms with Gasteiger partial charge in [-0.1, -0.05) is 24.3 Å². The molecule has 1 aliphatic rings. The fourth-order valence-electron chi connectivity index (χ4n) is 2.87. The van der Waals surface area contributed by atoms with E-state index in [-0.39, 0.29) is 18.4 Å². The fraction of sp³-hybridized carbons (Fsp3) is 0.600. The van der Waals surface area contributed by atoms with Crippen LogP contribution in [-0.2, 0) is 22.4 Å². The van der Waals surface area contributed by atoms with Crippen LogP contribution in [0.25, 0.3) is 0 Å². The summed E-state index contributed by atoms with van der Waals surface area (Å²) in [4.78, 5) is 2.17. The maximum Gasteiger partial charge on any atom is 0.218 e. The highest BCUT2D eigenvalue weighted by molar-refractivity contribution is 7.88. The molecule has 1 unspecified atom stereocenters. The molecule has 1 aromatic rings. The third-order valence-electron chi connectivity index (χ3n) is 3.87. The quantitative estimate of drug-likeness (QED) is 0.902. The van der Waals surface area contributed by atoms with Crippen LogP contribution < -0.4 is 0 Å². The topological polar surface area (TPSA) is 60.9 Å². The number of sulfonamides is 1. The van der Waals surface area contributed by atoms with Gasteiger partial charge in [-0.15, -0.1) is 0 Å². The number of rotatable bonds is 4. The summed E-state index contributed by atoms with van der Waals surface area (Å²) in [7, 11) is -1.31. The van der Waals surface area contributed by atoms with Gasteiger partial charge in [-0.25, -0.2) is 8.42 Å². The van der Waals surface area contributed by atoms with Crippen molar-refractivity contribution in [2.45, 2.75) is 31.7 Å². The van der Waals surface area contributed by atoms with Crippen molar-refractivity contribution < 1.29 is 13.5 Å². The Hall–Kier alpha value is -0.950. The summed E-state index contributed by atoms with van der Waals surface area (Å²) in [5, 5.41) is 9.15. The van der Waals surface area contributed by atoms with Gasteiger partial charge in [-0.05, 0) is 38.1 Å². The van der Waals surface area contributed by atoms with E-state index in [0.717, 1.165) is 30.6 Å². The number of aliphatic hydroxyl groups excluding tert-OH is 1. The van der Waals surface area contributed by atoms with Crippen LogP contribution in [0.4, 0.5) is 0 Å². The Labute approximate surface area is 127 Å². The van der Waals surface area contributed by atoms with Gasteiger partial charge in [0.2, 0.25) is 10.0 Å². The molecule has 5 nitrogen and oxygen atoms in total. The van der Waals surface area contributed by atoms with E-state index in [2.05, 4.69) is 4.90 Å². The minimum absolute atomic E-state index is 0.00507. The Morgan fingerprint density at radius 3 is 2.71 bits per heavy atom. The van der Waals surface area contributed by atoms with Crippen LogP contribution >= 0.6 is 0 Å². The average Bonchev–Trinajstić information content (AvgIpc) is 2.59. The SMILES string of the molecule is CC1CN(C)CCCN1S(=O)(=O)Cc1cccc(CO)c1. The molecule has 1 N–H and O–H groups in total. The fourth-order valence-corrected chi connectivity index (χ4v) is 4.66. The zero-order valence-corrected chi connectivity index (χ0v) is 13.5. The summed E-state index contributed by atoms with van der Waals surface area (Å²) in [5.41, 5.74) is 1.47. The molecule has 0 amide bonds. The van der Waals surface area contributed by atoms with E-state index in [1.165, 1.54) is 0 Å². The Morgan fingerprint density at radius 2 is 2.00 bits per heavy atom. The van der Waals surface area contributed by atoms with Gasteiger partial charge in [0, 0.05) is 19.1 Å². The third kappa shape index (κ3) is 4.26. The van der Waals surface area contributed by atoms with Gasteiger partial charge in [0.15, 0.2) is 0 Å². The highest BCUT2D eigenvalue weighted by Gasteiger charge is 2.29. The number of hydrogen-bond donors (Lipinski definition) is 1. The van der Waals surface area contributed by atoms with Gasteiger partial charge in [-0.3, -0.25) is 0 Å². The van der Waals surface area contributed by atoms with E-state index in [1.54, 1.807) is 28.6 Å². The number of benzene rings is 1. The first kappa shape index (κ1) is 16.4. The molecule has 0 aliphatic carbocycles. The zero-order chi connectivity index (χ0) is 15.5. The molecule has 1 atom stereocenters. The first-order valence-electron chi connectivity index (χ1n) is 7.29. The molecule has 1 heterocycles. The molecule has 0 radical (unpaired) electrons. The van der Waals surface area contributed by atoms with Gasteiger partial charge in [0.05, 0.1) is 12.4 Å². The predicted molar refractivity (Wildman–Crippen MR) is 83.3 cm³/mol. The summed E-state index contributed by atoms with van der Waals surface area (Å²) in [5.74, 6) is -0.00507. The Bertz CT molecular complexity index is 574. The summed E-state index contributed by atoms with van der Waals surface area (Å²) in [6.45, 7) is 4.15. The zero-order valence-electron chi connectivity index (χ0n) is 12.7. The molecule has 0 saturated carbocycles. The minimum atomic E-state index is -3.33. The molecule has 21 heavy (non-hydrogen) atoms. The van der Waals surface area contributed by atoms with Crippen molar-refractivity contribution in [1.29, 1.82) is 0 Å². The predicted octanol–water partition coefficient (Wildman–Crippen LogP) is 1.03. The lowest BCUT2D eigenvalue weighted by Gasteiger charge is -2.27. The van der Waals surface area contributed by atoms with Crippen LogP contribution in [0.15, 0.2) is 24.3 Å². The van der Waals surface area contributed by atoms with Crippen LogP contribution in [0, 0.1) is 0 Å². The van der Waals surface area contributed by atoms with Crippen molar-refractivity contribution >= 4 is 10.0 Å². The molecule has 2 rings (SSSR count). The standard InChI is InChI=1S/C15H24N2O3S/c1-13-10-16(2)7-4-8-17(13)21(19,20)12-15-6-3-5-14(9-15)11-18/h3,5-6,9,13,18H,4,7-8,10-12H2,1-2H3. The molecule has 0 aromatic heterocycles. The second-order valence-electron chi connectivity index (χ2n) is 5.81. The van der Waals surface area contributed by atoms with Crippen molar-refractivity contribution in [3.05, 3.63) is 35.4 Å². The molecule has 6 heteroatoms. The van der Waals surface area contributed by atoms with Crippen molar-refractivity contribution in [2.24, 2.45) is 0 Å². The molecule has 0 spiro atoms. The van der Waals surface area contributed by atoms with E-state index in [9.17, 15) is 8.42 Å². The van der Waals surface area contributed by atoms with Crippen LogP contribution in [0.3, 0.4) is 0 Å². The average molecular weight is 312 g/mol. The number of likely N-dealkylation sites (N-methyl/N-ethyl adjacent to an activating group) is 1. The van der Waals surface area contributed by atoms with Gasteiger partial charge in [-0.2, -0.15) is 4.31 Å². The van der Waals surface area contributed by atoms with Crippen molar-refractivity contribution in [1.82, 2.24) is 9.21 Å². The summed E-state index contributed by atoms with van der Waals surface area (Å²) >= 11 is 0. The summed E-state index contributed by atoms with van der Waals surface area (Å²) in [6, 6.07) is 7.12. The number of hydrogen-bond acceptors (Lipinski definition) is 4. The van der Waals surface area contributed by atoms with Gasteiger partial charge < -0.3 is 10.0 Å². The highest BCUT2D eigenvalue weighted by Crippen LogP contribution is 2.18. The van der Waals surface area contributed by atoms with E-state index >= 15 is 0 Å². The van der Waals surface area contributed by atoms with Gasteiger partial charge >= 0.3 is 0 Å². The highest BCUT2D eigenvalue weighted by atomic mass is 32.2. The Morgan fingerprint density at radius 1 is 1.29 bits per heavy atom. The first-order valence-corrected chi connectivity index (χ1v) is 8.90. The largest absolute Gasteiger partial charge is 0.392 e. The van der Waals surface area contributed by atoms with Crippen LogP contribution in [0.1, 0.15) is 24.5 Å². The second kappa shape index (κ2) is 6.87. The van der Waals surface area contributed by atoms with Crippen LogP contribution in [-0.4, -0.2) is 55.5 Å². The maximum absolute atomic E-state index is 12.7. The molecule has 1 fully saturated rings. The summed E-state index contributed by atoms with van der Waals surface area (Å²) in [6.07, 6.45) is 0.858. The lowest BCUT2D eigenvalue weighted by Crippen LogP contribution is -2.42. The maximum atomic E-state index is 12.7. The second-order valence-corrected chi connectivity index (χ2v) is 7.73. The first-order chi connectivity index (χ1) is 9.92. The van der Waals surface area contributed by atoms with Crippen LogP contribution in [0.5, 0.6) is 0 Å². The third-order valence-corrected chi connectivity index (χ3v) is 5.82. The smallest absolute Gasteiger partial charge is 0.218 e. The molecular formula is C15H24N2O3S. The normalized spacial score (nSPS) is 22.1. The van der Waals surface area contributed by atoms with E-state index in [0.29, 0.717) is 6.54 Å². The monoisotopic (exact) mass is 312 g/mol. The van der Waals surface area contributed by atoms with Crippen molar-refractivity contribution in [2.75, 3.05) is 26.7 Å². The minimum Gasteiger partial charge on any atom is -0.392 e. The van der Waals surface area contributed by atoms with Crippen LogP contribution in [0.2, 0.25) is 0 Å². The van der Waals surface area contributed by atoms with E-state index in [1.807, 2.05) is 14.0 Å². The van der Waals surface area contributed by atoms with Gasteiger partial charge in [0.1, 0.15) is 0 Å². The summed E-state index contributed by atoms with van der Waals surface area (Å²) < 4.78 is 27.0. The molecule has 1 saturated heterocycles. The molecular weight excluding hydrogens is 288 g/mol. The van der Waals surface area contributed by atoms with E-state index < -0.39 is 10.0 Å². The lowest BCUT2D eigenvalue weighted by atomic mass is 10.1. The molecule has 1 aliphatic heterocycles. The molecule has 1 aromatic carbocycles. The number of aliphatic hydroxyl groups is 1. The van der Waals surface area contributed by atoms with E-state index in [4.69, 9.17) is 5.11 Å².